The van der Waals surface area contributed by atoms with Crippen LogP contribution in [0.1, 0.15) is 284 Å². The fourth-order valence-corrected chi connectivity index (χ4v) is 10.2. The summed E-state index contributed by atoms with van der Waals surface area (Å²) in [5, 5.41) is 0. The number of carbonyl (C=O) groups is 2. The van der Waals surface area contributed by atoms with Crippen molar-refractivity contribution in [2.24, 2.45) is 0 Å². The molecule has 502 valence electrons. The standard InChI is InChI=1S/C78H132NO8P/c1-6-8-10-12-14-16-18-20-22-24-26-28-30-32-34-36-38-39-41-42-44-46-48-50-52-54-56-58-60-62-64-66-68-70-77(80)84-74-76(75-86-88(82,83)85-73-72-79(3,4)5)87-78(81)71-69-67-65-63-61-59-57-55-53-51-49-47-45-43-40-37-35-33-31-29-27-25-23-21-19-17-15-13-11-9-7-2/h8-11,14-17,20-23,26-29,32-35,40,43,47,49,76H,6-7,12-13,18-19,24-25,30-31,36-39,41-42,44-46,48,50-75H2,1-5H3/b10-8-,11-9-,16-14-,17-15-,22-20-,23-21-,28-26-,29-27-,34-32-,35-33-,43-40-,49-47-. The second-order valence-electron chi connectivity index (χ2n) is 24.5. The highest BCUT2D eigenvalue weighted by Crippen LogP contribution is 2.38. The number of hydrogen-bond acceptors (Lipinski definition) is 8. The molecule has 0 aliphatic heterocycles. The molecule has 0 aromatic heterocycles. The van der Waals surface area contributed by atoms with Crippen molar-refractivity contribution >= 4 is 19.8 Å². The monoisotopic (exact) mass is 1240 g/mol. The van der Waals surface area contributed by atoms with E-state index in [4.69, 9.17) is 18.5 Å². The average molecular weight is 1240 g/mol. The van der Waals surface area contributed by atoms with Crippen molar-refractivity contribution in [2.75, 3.05) is 47.5 Å². The van der Waals surface area contributed by atoms with Crippen molar-refractivity contribution in [1.29, 1.82) is 0 Å². The third kappa shape index (κ3) is 71.0. The number of ether oxygens (including phenoxy) is 2. The number of quaternary nitrogens is 1. The van der Waals surface area contributed by atoms with Gasteiger partial charge in [-0.2, -0.15) is 0 Å². The molecule has 0 heterocycles. The first-order valence-corrected chi connectivity index (χ1v) is 37.0. The second-order valence-corrected chi connectivity index (χ2v) is 25.9. The maximum atomic E-state index is 12.9. The van der Waals surface area contributed by atoms with Gasteiger partial charge in [-0.25, -0.2) is 0 Å². The van der Waals surface area contributed by atoms with Gasteiger partial charge in [0.25, 0.3) is 7.82 Å². The number of esters is 2. The molecular formula is C78H132NO8P. The largest absolute Gasteiger partial charge is 0.756 e. The van der Waals surface area contributed by atoms with Gasteiger partial charge in [0.2, 0.25) is 0 Å². The molecule has 0 fully saturated rings. The Morgan fingerprint density at radius 2 is 0.614 bits per heavy atom. The van der Waals surface area contributed by atoms with Gasteiger partial charge in [0.05, 0.1) is 27.7 Å². The highest BCUT2D eigenvalue weighted by molar-refractivity contribution is 7.45. The van der Waals surface area contributed by atoms with Crippen molar-refractivity contribution in [3.8, 4) is 0 Å². The number of hydrogen-bond donors (Lipinski definition) is 0. The van der Waals surface area contributed by atoms with E-state index in [9.17, 15) is 19.0 Å². The van der Waals surface area contributed by atoms with Gasteiger partial charge in [0, 0.05) is 12.8 Å². The number of nitrogens with zero attached hydrogens (tertiary/aromatic N) is 1. The number of carbonyl (C=O) groups excluding carboxylic acids is 2. The van der Waals surface area contributed by atoms with Crippen molar-refractivity contribution < 1.29 is 42.1 Å². The Labute approximate surface area is 542 Å². The van der Waals surface area contributed by atoms with Crippen LogP contribution in [-0.4, -0.2) is 70.0 Å². The Balaban J connectivity index is 4.08. The third-order valence-corrected chi connectivity index (χ3v) is 15.8. The molecule has 10 heteroatoms. The molecule has 0 aliphatic rings. The van der Waals surface area contributed by atoms with Gasteiger partial charge >= 0.3 is 11.9 Å². The maximum absolute atomic E-state index is 12.9. The molecule has 2 unspecified atom stereocenters. The summed E-state index contributed by atoms with van der Waals surface area (Å²) in [7, 11) is 1.15. The lowest BCUT2D eigenvalue weighted by atomic mass is 10.0. The minimum atomic E-state index is -4.65. The fraction of sp³-hybridized carbons (Fsp3) is 0.667. The zero-order valence-corrected chi connectivity index (χ0v) is 58.0. The van der Waals surface area contributed by atoms with Crippen molar-refractivity contribution in [1.82, 2.24) is 0 Å². The highest BCUT2D eigenvalue weighted by Gasteiger charge is 2.22. The summed E-state index contributed by atoms with van der Waals surface area (Å²) < 4.78 is 34.3. The van der Waals surface area contributed by atoms with E-state index >= 15 is 0 Å². The Hall–Kier alpha value is -4.11. The van der Waals surface area contributed by atoms with Crippen LogP contribution in [0, 0.1) is 0 Å². The zero-order valence-electron chi connectivity index (χ0n) is 57.1. The third-order valence-electron chi connectivity index (χ3n) is 14.9. The van der Waals surface area contributed by atoms with E-state index in [2.05, 4.69) is 160 Å². The summed E-state index contributed by atoms with van der Waals surface area (Å²) in [5.74, 6) is -0.841. The molecule has 0 amide bonds. The summed E-state index contributed by atoms with van der Waals surface area (Å²) >= 11 is 0. The Kier molecular flexibility index (Phi) is 64.1. The summed E-state index contributed by atoms with van der Waals surface area (Å²) in [5.41, 5.74) is 0. The van der Waals surface area contributed by atoms with E-state index < -0.39 is 26.5 Å². The van der Waals surface area contributed by atoms with Crippen LogP contribution >= 0.6 is 7.82 Å². The molecule has 0 radical (unpaired) electrons. The molecule has 0 saturated carbocycles. The van der Waals surface area contributed by atoms with E-state index in [-0.39, 0.29) is 32.0 Å². The van der Waals surface area contributed by atoms with E-state index in [0.717, 1.165) is 122 Å². The van der Waals surface area contributed by atoms with Gasteiger partial charge in [0.1, 0.15) is 19.8 Å². The van der Waals surface area contributed by atoms with Crippen molar-refractivity contribution in [3.63, 3.8) is 0 Å². The van der Waals surface area contributed by atoms with Crippen LogP contribution in [0.5, 0.6) is 0 Å². The molecule has 0 aromatic rings. The van der Waals surface area contributed by atoms with Gasteiger partial charge in [0.15, 0.2) is 6.10 Å². The number of likely N-dealkylation sites (N-methyl/N-ethyl adjacent to an activating group) is 1. The number of rotatable bonds is 64. The van der Waals surface area contributed by atoms with Crippen LogP contribution < -0.4 is 4.89 Å². The SMILES string of the molecule is CC/C=C\C/C=C\C/C=C\C/C=C\C/C=C\C/C=C\C/C=C\CCCCCCCCCCCC(=O)OC(COC(=O)CCCCCCCCCCCCCCCCCCC/C=C\C/C=C\C/C=C\C/C=C\C/C=C\CC)COP(=O)([O-])OCC[N+](C)(C)C. The normalized spacial score (nSPS) is 14.0. The minimum absolute atomic E-state index is 0.0380. The first-order chi connectivity index (χ1) is 43.0. The molecule has 0 N–H and O–H groups in total. The predicted molar refractivity (Wildman–Crippen MR) is 378 cm³/mol. The van der Waals surface area contributed by atoms with E-state index in [1.54, 1.807) is 0 Å². The molecule has 88 heavy (non-hydrogen) atoms. The fourth-order valence-electron chi connectivity index (χ4n) is 9.49. The molecular weight excluding hydrogens is 1110 g/mol. The van der Waals surface area contributed by atoms with Gasteiger partial charge in [-0.15, -0.1) is 0 Å². The van der Waals surface area contributed by atoms with Crippen LogP contribution in [0.25, 0.3) is 0 Å². The van der Waals surface area contributed by atoms with Gasteiger partial charge in [-0.05, 0) is 116 Å². The molecule has 0 aliphatic carbocycles. The average Bonchev–Trinajstić information content (AvgIpc) is 3.68. The molecule has 2 atom stereocenters. The van der Waals surface area contributed by atoms with Crippen LogP contribution in [0.15, 0.2) is 146 Å². The summed E-state index contributed by atoms with van der Waals surface area (Å²) in [6, 6.07) is 0. The first kappa shape index (κ1) is 83.9. The molecule has 0 aromatic carbocycles. The molecule has 0 bridgehead atoms. The van der Waals surface area contributed by atoms with Crippen LogP contribution in [0.4, 0.5) is 0 Å². The molecule has 0 rings (SSSR count). The quantitative estimate of drug-likeness (QED) is 0.0195. The van der Waals surface area contributed by atoms with Gasteiger partial charge in [-0.3, -0.25) is 14.2 Å². The Morgan fingerprint density at radius 1 is 0.352 bits per heavy atom. The van der Waals surface area contributed by atoms with Crippen LogP contribution in [0.3, 0.4) is 0 Å². The number of unbranched alkanes of at least 4 members (excludes halogenated alkanes) is 26. The minimum Gasteiger partial charge on any atom is -0.756 e. The molecule has 0 saturated heterocycles. The summed E-state index contributed by atoms with van der Waals surface area (Å²) in [4.78, 5) is 38.1. The lowest BCUT2D eigenvalue weighted by Gasteiger charge is -2.28. The van der Waals surface area contributed by atoms with E-state index in [0.29, 0.717) is 17.4 Å². The lowest BCUT2D eigenvalue weighted by Crippen LogP contribution is -2.37. The van der Waals surface area contributed by atoms with Crippen LogP contribution in [-0.2, 0) is 32.7 Å². The number of phosphoric acid groups is 1. The summed E-state index contributed by atoms with van der Waals surface area (Å²) in [6.07, 6.45) is 99.2. The predicted octanol–water partition coefficient (Wildman–Crippen LogP) is 22.7. The molecule has 9 nitrogen and oxygen atoms in total. The highest BCUT2D eigenvalue weighted by atomic mass is 31.2. The topological polar surface area (TPSA) is 111 Å². The first-order valence-electron chi connectivity index (χ1n) is 35.5. The maximum Gasteiger partial charge on any atom is 0.306 e. The zero-order chi connectivity index (χ0) is 64.1. The van der Waals surface area contributed by atoms with Gasteiger partial charge < -0.3 is 27.9 Å². The molecule has 0 spiro atoms. The van der Waals surface area contributed by atoms with E-state index in [1.165, 1.54) is 128 Å². The number of allylic oxidation sites excluding steroid dienone is 24. The van der Waals surface area contributed by atoms with Crippen LogP contribution in [0.2, 0.25) is 0 Å². The van der Waals surface area contributed by atoms with E-state index in [1.807, 2.05) is 21.1 Å². The Morgan fingerprint density at radius 3 is 0.909 bits per heavy atom. The summed E-state index contributed by atoms with van der Waals surface area (Å²) in [6.45, 7) is 4.01. The van der Waals surface area contributed by atoms with Gasteiger partial charge in [-0.1, -0.05) is 301 Å². The Bertz CT molecular complexity index is 2000. The number of phosphoric ester groups is 1. The van der Waals surface area contributed by atoms with Crippen molar-refractivity contribution in [3.05, 3.63) is 146 Å². The second kappa shape index (κ2) is 67.3. The smallest absolute Gasteiger partial charge is 0.306 e. The van der Waals surface area contributed by atoms with Crippen molar-refractivity contribution in [2.45, 2.75) is 290 Å². The lowest BCUT2D eigenvalue weighted by molar-refractivity contribution is -0.870.